The van der Waals surface area contributed by atoms with Gasteiger partial charge in [-0.05, 0) is 50.3 Å². The van der Waals surface area contributed by atoms with Gasteiger partial charge in [0.25, 0.3) is 0 Å². The Hall–Kier alpha value is -2.57. The first-order valence-corrected chi connectivity index (χ1v) is 11.4. The van der Waals surface area contributed by atoms with Crippen LogP contribution < -0.4 is 16.0 Å². The highest BCUT2D eigenvalue weighted by Gasteiger charge is 2.22. The van der Waals surface area contributed by atoms with E-state index in [-0.39, 0.29) is 17.7 Å². The fourth-order valence-corrected chi connectivity index (χ4v) is 4.11. The molecule has 7 nitrogen and oxygen atoms in total. The summed E-state index contributed by atoms with van der Waals surface area (Å²) >= 11 is 0. The summed E-state index contributed by atoms with van der Waals surface area (Å²) in [7, 11) is 0. The number of carbonyl (C=O) groups excluding carboxylic acids is 2. The lowest BCUT2D eigenvalue weighted by Gasteiger charge is -2.16. The van der Waals surface area contributed by atoms with E-state index in [9.17, 15) is 9.59 Å². The van der Waals surface area contributed by atoms with Crippen molar-refractivity contribution < 1.29 is 9.59 Å². The van der Waals surface area contributed by atoms with Gasteiger partial charge in [0.15, 0.2) is 5.96 Å². The third-order valence-electron chi connectivity index (χ3n) is 5.75. The topological polar surface area (TPSA) is 85.8 Å². The highest BCUT2D eigenvalue weighted by Crippen LogP contribution is 2.26. The molecule has 1 aromatic carbocycles. The SMILES string of the molecule is CCNC(=NCc1cccc(NC(=O)C2CCCC2)c1)NCCCN1CCCC1=O. The fraction of sp³-hybridized carbons (Fsp3) is 0.609. The minimum absolute atomic E-state index is 0.139. The number of anilines is 1. The number of aliphatic imine (C=N–C) groups is 1. The fourth-order valence-electron chi connectivity index (χ4n) is 4.11. The molecule has 0 bridgehead atoms. The van der Waals surface area contributed by atoms with Gasteiger partial charge in [0.1, 0.15) is 0 Å². The zero-order chi connectivity index (χ0) is 21.2. The normalized spacial score (nSPS) is 17.4. The van der Waals surface area contributed by atoms with E-state index in [1.807, 2.05) is 36.1 Å². The van der Waals surface area contributed by atoms with Crippen molar-refractivity contribution in [3.05, 3.63) is 29.8 Å². The molecule has 0 spiro atoms. The zero-order valence-corrected chi connectivity index (χ0v) is 18.1. The smallest absolute Gasteiger partial charge is 0.227 e. The van der Waals surface area contributed by atoms with Gasteiger partial charge in [0, 0.05) is 44.2 Å². The molecule has 2 aliphatic rings. The number of benzene rings is 1. The van der Waals surface area contributed by atoms with E-state index in [0.29, 0.717) is 13.0 Å². The van der Waals surface area contributed by atoms with Crippen LogP contribution in [0.1, 0.15) is 57.4 Å². The summed E-state index contributed by atoms with van der Waals surface area (Å²) in [4.78, 5) is 30.6. The Morgan fingerprint density at radius 1 is 1.20 bits per heavy atom. The standard InChI is InChI=1S/C23H35N5O2/c1-2-24-23(25-13-7-15-28-14-6-12-21(28)29)26-17-18-8-5-11-20(16-18)27-22(30)19-9-3-4-10-19/h5,8,11,16,19H,2-4,6-7,9-10,12-15,17H2,1H3,(H,27,30)(H2,24,25,26). The number of carbonyl (C=O) groups is 2. The average Bonchev–Trinajstić information content (AvgIpc) is 3.42. The van der Waals surface area contributed by atoms with Crippen molar-refractivity contribution in [1.29, 1.82) is 0 Å². The summed E-state index contributed by atoms with van der Waals surface area (Å²) < 4.78 is 0. The second kappa shape index (κ2) is 11.6. The molecule has 2 fully saturated rings. The van der Waals surface area contributed by atoms with Gasteiger partial charge in [-0.15, -0.1) is 0 Å². The van der Waals surface area contributed by atoms with E-state index in [1.54, 1.807) is 0 Å². The van der Waals surface area contributed by atoms with Gasteiger partial charge in [-0.1, -0.05) is 25.0 Å². The molecule has 3 rings (SSSR count). The van der Waals surface area contributed by atoms with Crippen molar-refractivity contribution in [2.45, 2.75) is 58.4 Å². The highest BCUT2D eigenvalue weighted by molar-refractivity contribution is 5.92. The van der Waals surface area contributed by atoms with Crippen LogP contribution >= 0.6 is 0 Å². The second-order valence-corrected chi connectivity index (χ2v) is 8.13. The van der Waals surface area contributed by atoms with E-state index in [1.165, 1.54) is 0 Å². The van der Waals surface area contributed by atoms with E-state index in [4.69, 9.17) is 0 Å². The van der Waals surface area contributed by atoms with Crippen LogP contribution in [0.25, 0.3) is 0 Å². The Labute approximate surface area is 179 Å². The summed E-state index contributed by atoms with van der Waals surface area (Å²) in [6.07, 6.45) is 6.88. The first-order chi connectivity index (χ1) is 14.7. The molecule has 1 aromatic rings. The van der Waals surface area contributed by atoms with Crippen molar-refractivity contribution in [1.82, 2.24) is 15.5 Å². The number of hydrogen-bond acceptors (Lipinski definition) is 3. The van der Waals surface area contributed by atoms with Crippen molar-refractivity contribution >= 4 is 23.5 Å². The number of nitrogens with zero attached hydrogens (tertiary/aromatic N) is 2. The number of rotatable bonds is 9. The summed E-state index contributed by atoms with van der Waals surface area (Å²) in [6.45, 7) is 5.82. The number of nitrogens with one attached hydrogen (secondary N) is 3. The molecule has 30 heavy (non-hydrogen) atoms. The molecule has 3 N–H and O–H groups in total. The van der Waals surface area contributed by atoms with E-state index in [2.05, 4.69) is 20.9 Å². The van der Waals surface area contributed by atoms with Crippen LogP contribution in [0.15, 0.2) is 29.3 Å². The van der Waals surface area contributed by atoms with E-state index in [0.717, 1.165) is 81.9 Å². The summed E-state index contributed by atoms with van der Waals surface area (Å²) in [6, 6.07) is 7.92. The molecule has 1 saturated carbocycles. The van der Waals surface area contributed by atoms with Gasteiger partial charge in [0.2, 0.25) is 11.8 Å². The number of likely N-dealkylation sites (tertiary alicyclic amines) is 1. The molecule has 1 saturated heterocycles. The van der Waals surface area contributed by atoms with E-state index < -0.39 is 0 Å². The molecule has 2 amide bonds. The third kappa shape index (κ3) is 6.75. The summed E-state index contributed by atoms with van der Waals surface area (Å²) in [5.74, 6) is 1.34. The van der Waals surface area contributed by atoms with Gasteiger partial charge in [-0.2, -0.15) is 0 Å². The van der Waals surface area contributed by atoms with Gasteiger partial charge in [-0.25, -0.2) is 4.99 Å². The van der Waals surface area contributed by atoms with Crippen LogP contribution in [-0.4, -0.2) is 48.9 Å². The number of hydrogen-bond donors (Lipinski definition) is 3. The van der Waals surface area contributed by atoms with Crippen LogP contribution in [0.3, 0.4) is 0 Å². The molecule has 0 unspecified atom stereocenters. The molecular weight excluding hydrogens is 378 g/mol. The third-order valence-corrected chi connectivity index (χ3v) is 5.75. The van der Waals surface area contributed by atoms with Crippen molar-refractivity contribution in [3.8, 4) is 0 Å². The quantitative estimate of drug-likeness (QED) is 0.330. The molecule has 1 heterocycles. The van der Waals surface area contributed by atoms with Gasteiger partial charge in [-0.3, -0.25) is 9.59 Å². The molecule has 1 aliphatic carbocycles. The Kier molecular flexibility index (Phi) is 8.53. The van der Waals surface area contributed by atoms with Crippen molar-refractivity contribution in [2.24, 2.45) is 10.9 Å². The minimum atomic E-state index is 0.139. The highest BCUT2D eigenvalue weighted by atomic mass is 16.2. The molecule has 7 heteroatoms. The lowest BCUT2D eigenvalue weighted by molar-refractivity contribution is -0.127. The van der Waals surface area contributed by atoms with Crippen molar-refractivity contribution in [3.63, 3.8) is 0 Å². The van der Waals surface area contributed by atoms with Gasteiger partial charge in [0.05, 0.1) is 6.54 Å². The molecule has 0 aromatic heterocycles. The lowest BCUT2D eigenvalue weighted by atomic mass is 10.1. The van der Waals surface area contributed by atoms with Crippen molar-refractivity contribution in [2.75, 3.05) is 31.5 Å². The molecule has 0 radical (unpaired) electrons. The number of guanidine groups is 1. The van der Waals surface area contributed by atoms with Gasteiger partial charge < -0.3 is 20.9 Å². The second-order valence-electron chi connectivity index (χ2n) is 8.13. The maximum absolute atomic E-state index is 12.4. The first-order valence-electron chi connectivity index (χ1n) is 11.4. The average molecular weight is 414 g/mol. The number of amides is 2. The zero-order valence-electron chi connectivity index (χ0n) is 18.1. The first kappa shape index (κ1) is 22.1. The molecule has 0 atom stereocenters. The lowest BCUT2D eigenvalue weighted by Crippen LogP contribution is -2.39. The maximum atomic E-state index is 12.4. The Bertz CT molecular complexity index is 743. The Balaban J connectivity index is 1.47. The van der Waals surface area contributed by atoms with Crippen LogP contribution in [-0.2, 0) is 16.1 Å². The monoisotopic (exact) mass is 413 g/mol. The summed E-state index contributed by atoms with van der Waals surface area (Å²) in [5.41, 5.74) is 1.90. The minimum Gasteiger partial charge on any atom is -0.357 e. The van der Waals surface area contributed by atoms with Crippen LogP contribution in [0.2, 0.25) is 0 Å². The van der Waals surface area contributed by atoms with Crippen LogP contribution in [0.5, 0.6) is 0 Å². The Morgan fingerprint density at radius 3 is 2.77 bits per heavy atom. The van der Waals surface area contributed by atoms with Crippen LogP contribution in [0.4, 0.5) is 5.69 Å². The maximum Gasteiger partial charge on any atom is 0.227 e. The predicted molar refractivity (Wildman–Crippen MR) is 120 cm³/mol. The predicted octanol–water partition coefficient (Wildman–Crippen LogP) is 2.88. The molecular formula is C23H35N5O2. The summed E-state index contributed by atoms with van der Waals surface area (Å²) in [5, 5.41) is 9.67. The van der Waals surface area contributed by atoms with Crippen LogP contribution in [0, 0.1) is 5.92 Å². The molecule has 164 valence electrons. The Morgan fingerprint density at radius 2 is 2.03 bits per heavy atom. The molecule has 1 aliphatic heterocycles. The largest absolute Gasteiger partial charge is 0.357 e. The van der Waals surface area contributed by atoms with E-state index >= 15 is 0 Å². The van der Waals surface area contributed by atoms with Gasteiger partial charge >= 0.3 is 0 Å².